The molecule has 0 N–H and O–H groups in total. The van der Waals surface area contributed by atoms with Crippen LogP contribution < -0.4 is 0 Å². The lowest BCUT2D eigenvalue weighted by Crippen LogP contribution is -2.35. The number of halogens is 1. The highest BCUT2D eigenvalue weighted by atomic mass is 35.5. The fraction of sp³-hybridized carbons (Fsp3) is 0.692. The molecule has 16 heavy (non-hydrogen) atoms. The van der Waals surface area contributed by atoms with E-state index in [1.807, 2.05) is 11.3 Å². The number of hydrogen-bond donors (Lipinski definition) is 0. The Labute approximate surface area is 107 Å². The summed E-state index contributed by atoms with van der Waals surface area (Å²) in [6.07, 6.45) is 3.78. The van der Waals surface area contributed by atoms with E-state index in [-0.39, 0.29) is 0 Å². The van der Waals surface area contributed by atoms with E-state index in [4.69, 9.17) is 11.6 Å². The lowest BCUT2D eigenvalue weighted by atomic mass is 10.0. The molecule has 0 amide bonds. The molecule has 1 fully saturated rings. The largest absolute Gasteiger partial charge is 0.298 e. The van der Waals surface area contributed by atoms with Crippen molar-refractivity contribution in [1.29, 1.82) is 0 Å². The van der Waals surface area contributed by atoms with Crippen molar-refractivity contribution in [3.05, 3.63) is 21.9 Å². The van der Waals surface area contributed by atoms with E-state index in [9.17, 15) is 0 Å². The van der Waals surface area contributed by atoms with Crippen molar-refractivity contribution < 1.29 is 0 Å². The highest BCUT2D eigenvalue weighted by molar-refractivity contribution is 7.11. The van der Waals surface area contributed by atoms with Crippen LogP contribution in [0.25, 0.3) is 0 Å². The summed E-state index contributed by atoms with van der Waals surface area (Å²) in [5, 5.41) is 0. The second kappa shape index (κ2) is 6.04. The van der Waals surface area contributed by atoms with Crippen molar-refractivity contribution in [1.82, 2.24) is 4.90 Å². The Kier molecular flexibility index (Phi) is 4.68. The first-order valence-corrected chi connectivity index (χ1v) is 7.52. The summed E-state index contributed by atoms with van der Waals surface area (Å²) in [6.45, 7) is 5.77. The Balaban J connectivity index is 1.88. The average Bonchev–Trinajstić information content (AvgIpc) is 2.77. The zero-order valence-corrected chi connectivity index (χ0v) is 11.5. The van der Waals surface area contributed by atoms with Gasteiger partial charge < -0.3 is 0 Å². The molecule has 1 aromatic rings. The predicted molar refractivity (Wildman–Crippen MR) is 72.4 cm³/mol. The maximum Gasteiger partial charge on any atom is 0.0328 e. The van der Waals surface area contributed by atoms with E-state index in [1.165, 1.54) is 35.7 Å². The number of aryl methyl sites for hydroxylation is 1. The molecule has 0 aliphatic carbocycles. The van der Waals surface area contributed by atoms with Crippen molar-refractivity contribution in [2.45, 2.75) is 32.7 Å². The van der Waals surface area contributed by atoms with Crippen LogP contribution in [0.4, 0.5) is 0 Å². The molecule has 1 unspecified atom stereocenters. The first-order valence-electron chi connectivity index (χ1n) is 6.17. The van der Waals surface area contributed by atoms with Gasteiger partial charge in [0.1, 0.15) is 0 Å². The van der Waals surface area contributed by atoms with Crippen molar-refractivity contribution in [2.24, 2.45) is 5.92 Å². The number of hydrogen-bond acceptors (Lipinski definition) is 2. The van der Waals surface area contributed by atoms with Gasteiger partial charge in [0, 0.05) is 28.7 Å². The topological polar surface area (TPSA) is 3.24 Å². The third-order valence-corrected chi connectivity index (χ3v) is 4.92. The van der Waals surface area contributed by atoms with Crippen molar-refractivity contribution >= 4 is 22.9 Å². The smallest absolute Gasteiger partial charge is 0.0328 e. The van der Waals surface area contributed by atoms with E-state index >= 15 is 0 Å². The lowest BCUT2D eigenvalue weighted by Gasteiger charge is -2.31. The van der Waals surface area contributed by atoms with Gasteiger partial charge in [-0.3, -0.25) is 4.90 Å². The first-order chi connectivity index (χ1) is 7.81. The fourth-order valence-electron chi connectivity index (χ4n) is 2.34. The van der Waals surface area contributed by atoms with Gasteiger partial charge in [0.05, 0.1) is 0 Å². The number of nitrogens with zero attached hydrogens (tertiary/aromatic N) is 1. The van der Waals surface area contributed by atoms with E-state index in [0.717, 1.165) is 18.8 Å². The number of thiophene rings is 1. The van der Waals surface area contributed by atoms with Gasteiger partial charge in [-0.2, -0.15) is 0 Å². The van der Waals surface area contributed by atoms with Gasteiger partial charge >= 0.3 is 0 Å². The summed E-state index contributed by atoms with van der Waals surface area (Å²) in [5.41, 5.74) is 0. The second-order valence-corrected chi connectivity index (χ2v) is 6.18. The monoisotopic (exact) mass is 257 g/mol. The highest BCUT2D eigenvalue weighted by Crippen LogP contribution is 2.23. The van der Waals surface area contributed by atoms with Gasteiger partial charge in [0.25, 0.3) is 0 Å². The van der Waals surface area contributed by atoms with Gasteiger partial charge in [-0.15, -0.1) is 22.9 Å². The lowest BCUT2D eigenvalue weighted by molar-refractivity contribution is 0.179. The molecule has 1 saturated heterocycles. The van der Waals surface area contributed by atoms with Gasteiger partial charge in [-0.05, 0) is 43.9 Å². The van der Waals surface area contributed by atoms with Crippen LogP contribution in [-0.2, 0) is 13.0 Å². The van der Waals surface area contributed by atoms with Crippen LogP contribution in [0.5, 0.6) is 0 Å². The van der Waals surface area contributed by atoms with Gasteiger partial charge in [0.15, 0.2) is 0 Å². The number of likely N-dealkylation sites (tertiary alicyclic amines) is 1. The summed E-state index contributed by atoms with van der Waals surface area (Å²) in [6, 6.07) is 4.55. The highest BCUT2D eigenvalue weighted by Gasteiger charge is 2.19. The summed E-state index contributed by atoms with van der Waals surface area (Å²) in [5.74, 6) is 1.53. The average molecular weight is 258 g/mol. The normalized spacial score (nSPS) is 22.5. The second-order valence-electron chi connectivity index (χ2n) is 4.62. The van der Waals surface area contributed by atoms with E-state index < -0.39 is 0 Å². The molecule has 1 aliphatic rings. The molecule has 90 valence electrons. The Hall–Kier alpha value is -0.0500. The minimum absolute atomic E-state index is 0.709. The van der Waals surface area contributed by atoms with E-state index in [0.29, 0.717) is 5.92 Å². The molecule has 1 aromatic heterocycles. The van der Waals surface area contributed by atoms with Crippen LogP contribution in [-0.4, -0.2) is 23.9 Å². The first kappa shape index (κ1) is 12.4. The quantitative estimate of drug-likeness (QED) is 0.743. The van der Waals surface area contributed by atoms with Crippen LogP contribution >= 0.6 is 22.9 Å². The van der Waals surface area contributed by atoms with Crippen LogP contribution in [0.3, 0.4) is 0 Å². The molecule has 1 nitrogen and oxygen atoms in total. The predicted octanol–water partition coefficient (Wildman–Crippen LogP) is 3.76. The SMILES string of the molecule is CCc1ccc(CN2CCCC(CCl)C2)s1. The zero-order valence-electron chi connectivity index (χ0n) is 9.92. The van der Waals surface area contributed by atoms with Crippen LogP contribution in [0.1, 0.15) is 29.5 Å². The molecule has 2 rings (SSSR count). The van der Waals surface area contributed by atoms with Crippen LogP contribution in [0.2, 0.25) is 0 Å². The molecule has 0 spiro atoms. The van der Waals surface area contributed by atoms with Gasteiger partial charge in [-0.1, -0.05) is 6.92 Å². The standard InChI is InChI=1S/C13H20ClNS/c1-2-12-5-6-13(16-12)10-15-7-3-4-11(8-14)9-15/h5-6,11H,2-4,7-10H2,1H3. The Morgan fingerprint density at radius 3 is 2.94 bits per heavy atom. The molecule has 0 saturated carbocycles. The molecule has 1 aliphatic heterocycles. The molecular weight excluding hydrogens is 238 g/mol. The van der Waals surface area contributed by atoms with Crippen LogP contribution in [0, 0.1) is 5.92 Å². The molecule has 0 radical (unpaired) electrons. The number of piperidine rings is 1. The van der Waals surface area contributed by atoms with Crippen LogP contribution in [0.15, 0.2) is 12.1 Å². The summed E-state index contributed by atoms with van der Waals surface area (Å²) in [7, 11) is 0. The Bertz CT molecular complexity index is 323. The van der Waals surface area contributed by atoms with Crippen molar-refractivity contribution in [3.8, 4) is 0 Å². The summed E-state index contributed by atoms with van der Waals surface area (Å²) in [4.78, 5) is 5.56. The Morgan fingerprint density at radius 1 is 1.44 bits per heavy atom. The summed E-state index contributed by atoms with van der Waals surface area (Å²) >= 11 is 7.91. The van der Waals surface area contributed by atoms with Gasteiger partial charge in [-0.25, -0.2) is 0 Å². The number of rotatable bonds is 4. The molecule has 0 aromatic carbocycles. The molecule has 0 bridgehead atoms. The maximum atomic E-state index is 5.95. The molecular formula is C13H20ClNS. The van der Waals surface area contributed by atoms with E-state index in [1.54, 1.807) is 0 Å². The van der Waals surface area contributed by atoms with Gasteiger partial charge in [0.2, 0.25) is 0 Å². The summed E-state index contributed by atoms with van der Waals surface area (Å²) < 4.78 is 0. The zero-order chi connectivity index (χ0) is 11.4. The molecule has 1 atom stereocenters. The molecule has 3 heteroatoms. The third kappa shape index (κ3) is 3.22. The molecule has 2 heterocycles. The van der Waals surface area contributed by atoms with Crippen molar-refractivity contribution in [2.75, 3.05) is 19.0 Å². The minimum atomic E-state index is 0.709. The number of alkyl halides is 1. The van der Waals surface area contributed by atoms with Crippen molar-refractivity contribution in [3.63, 3.8) is 0 Å². The Morgan fingerprint density at radius 2 is 2.25 bits per heavy atom. The van der Waals surface area contributed by atoms with E-state index in [2.05, 4.69) is 24.0 Å². The third-order valence-electron chi connectivity index (χ3n) is 3.27. The maximum absolute atomic E-state index is 5.95. The fourth-order valence-corrected chi connectivity index (χ4v) is 3.59. The minimum Gasteiger partial charge on any atom is -0.298 e.